The Morgan fingerprint density at radius 2 is 1.15 bits per heavy atom. The first-order chi connectivity index (χ1) is 13.3. The van der Waals surface area contributed by atoms with Crippen LogP contribution in [-0.2, 0) is 0 Å². The molecule has 0 N–H and O–H groups in total. The molecular formula is C26H38O. The van der Waals surface area contributed by atoms with Crippen molar-refractivity contribution in [3.8, 4) is 0 Å². The van der Waals surface area contributed by atoms with E-state index in [1.807, 2.05) is 24.3 Å². The van der Waals surface area contributed by atoms with E-state index < -0.39 is 0 Å². The second-order valence-corrected chi connectivity index (χ2v) is 7.98. The summed E-state index contributed by atoms with van der Waals surface area (Å²) in [6.45, 7) is 2.28. The van der Waals surface area contributed by atoms with Crippen molar-refractivity contribution in [1.29, 1.82) is 0 Å². The number of carbonyl (C=O) groups is 1. The Bertz CT molecular complexity index is 658. The zero-order valence-corrected chi connectivity index (χ0v) is 17.3. The van der Waals surface area contributed by atoms with Crippen molar-refractivity contribution < 1.29 is 4.79 Å². The summed E-state index contributed by atoms with van der Waals surface area (Å²) < 4.78 is 0. The van der Waals surface area contributed by atoms with Gasteiger partial charge in [0.1, 0.15) is 0 Å². The molecule has 2 rings (SSSR count). The number of ketones is 1. The molecule has 1 nitrogen and oxygen atoms in total. The largest absolute Gasteiger partial charge is 0.294 e. The summed E-state index contributed by atoms with van der Waals surface area (Å²) in [5.74, 6) is 0.295. The quantitative estimate of drug-likeness (QED) is 0.228. The fourth-order valence-corrected chi connectivity index (χ4v) is 3.81. The molecule has 27 heavy (non-hydrogen) atoms. The summed E-state index contributed by atoms with van der Waals surface area (Å²) in [6.07, 6.45) is 18.1. The maximum atomic E-state index is 12.4. The Morgan fingerprint density at radius 3 is 1.74 bits per heavy atom. The Morgan fingerprint density at radius 1 is 0.630 bits per heavy atom. The van der Waals surface area contributed by atoms with Crippen molar-refractivity contribution in [2.45, 2.75) is 96.8 Å². The predicted octanol–water partition coefficient (Wildman–Crippen LogP) is 8.50. The number of Topliss-reactive ketones (excluding diaryl/α,β-unsaturated/α-hetero) is 1. The van der Waals surface area contributed by atoms with Crippen LogP contribution in [0.3, 0.4) is 0 Å². The number of unbranched alkanes of at least 4 members (excludes halogenated alkanes) is 12. The van der Waals surface area contributed by atoms with Gasteiger partial charge in [0.25, 0.3) is 0 Å². The molecule has 0 bridgehead atoms. The molecule has 2 aromatic rings. The van der Waals surface area contributed by atoms with Gasteiger partial charge in [0, 0.05) is 12.0 Å². The average Bonchev–Trinajstić information content (AvgIpc) is 2.71. The second kappa shape index (κ2) is 13.5. The molecule has 0 aliphatic heterocycles. The van der Waals surface area contributed by atoms with Gasteiger partial charge in [-0.25, -0.2) is 0 Å². The molecule has 2 aromatic carbocycles. The monoisotopic (exact) mass is 366 g/mol. The zero-order valence-electron chi connectivity index (χ0n) is 17.3. The smallest absolute Gasteiger partial charge is 0.162 e. The Kier molecular flexibility index (Phi) is 10.9. The highest BCUT2D eigenvalue weighted by atomic mass is 16.1. The van der Waals surface area contributed by atoms with E-state index in [1.54, 1.807) is 0 Å². The van der Waals surface area contributed by atoms with Crippen molar-refractivity contribution in [3.05, 3.63) is 48.0 Å². The van der Waals surface area contributed by atoms with Crippen LogP contribution in [-0.4, -0.2) is 5.78 Å². The van der Waals surface area contributed by atoms with Gasteiger partial charge in [-0.15, -0.1) is 0 Å². The molecule has 1 heteroatoms. The number of hydrogen-bond donors (Lipinski definition) is 0. The second-order valence-electron chi connectivity index (χ2n) is 7.98. The lowest BCUT2D eigenvalue weighted by Crippen LogP contribution is -1.98. The molecule has 0 spiro atoms. The van der Waals surface area contributed by atoms with Crippen LogP contribution < -0.4 is 0 Å². The maximum absolute atomic E-state index is 12.4. The van der Waals surface area contributed by atoms with Crippen LogP contribution in [0, 0.1) is 0 Å². The fourth-order valence-electron chi connectivity index (χ4n) is 3.81. The van der Waals surface area contributed by atoms with E-state index in [0.717, 1.165) is 17.4 Å². The van der Waals surface area contributed by atoms with E-state index in [0.29, 0.717) is 12.2 Å². The molecule has 148 valence electrons. The van der Waals surface area contributed by atoms with Gasteiger partial charge in [-0.1, -0.05) is 120 Å². The highest BCUT2D eigenvalue weighted by molar-refractivity contribution is 5.99. The van der Waals surface area contributed by atoms with Gasteiger partial charge in [0.05, 0.1) is 0 Å². The number of fused-ring (bicyclic) bond motifs is 1. The lowest BCUT2D eigenvalue weighted by molar-refractivity contribution is 0.0979. The normalized spacial score (nSPS) is 11.1. The summed E-state index contributed by atoms with van der Waals surface area (Å²) in [4.78, 5) is 12.4. The van der Waals surface area contributed by atoms with E-state index in [-0.39, 0.29) is 0 Å². The molecule has 0 heterocycles. The van der Waals surface area contributed by atoms with Crippen molar-refractivity contribution in [2.24, 2.45) is 0 Å². The van der Waals surface area contributed by atoms with Gasteiger partial charge in [0.2, 0.25) is 0 Å². The van der Waals surface area contributed by atoms with Crippen LogP contribution in [0.2, 0.25) is 0 Å². The van der Waals surface area contributed by atoms with E-state index in [2.05, 4.69) is 25.1 Å². The SMILES string of the molecule is CCCCCCCCCCCCCCCC(=O)c1ccc2ccccc2c1. The number of hydrogen-bond acceptors (Lipinski definition) is 1. The standard InChI is InChI=1S/C26H38O/c1-2-3-4-5-6-7-8-9-10-11-12-13-14-19-26(27)25-21-20-23-17-15-16-18-24(23)22-25/h15-18,20-22H,2-14,19H2,1H3. The van der Waals surface area contributed by atoms with Crippen LogP contribution in [0.15, 0.2) is 42.5 Å². The molecular weight excluding hydrogens is 328 g/mol. The van der Waals surface area contributed by atoms with Crippen molar-refractivity contribution in [3.63, 3.8) is 0 Å². The van der Waals surface area contributed by atoms with Gasteiger partial charge in [-0.3, -0.25) is 4.79 Å². The minimum Gasteiger partial charge on any atom is -0.294 e. The number of rotatable bonds is 15. The third-order valence-corrected chi connectivity index (χ3v) is 5.58. The minimum atomic E-state index is 0.295. The molecule has 0 saturated heterocycles. The molecule has 0 fully saturated rings. The minimum absolute atomic E-state index is 0.295. The molecule has 0 radical (unpaired) electrons. The van der Waals surface area contributed by atoms with Gasteiger partial charge < -0.3 is 0 Å². The first-order valence-electron chi connectivity index (χ1n) is 11.3. The zero-order chi connectivity index (χ0) is 19.2. The van der Waals surface area contributed by atoms with Gasteiger partial charge in [-0.2, -0.15) is 0 Å². The number of carbonyl (C=O) groups excluding carboxylic acids is 1. The molecule has 0 aromatic heterocycles. The van der Waals surface area contributed by atoms with Crippen LogP contribution in [0.5, 0.6) is 0 Å². The fraction of sp³-hybridized carbons (Fsp3) is 0.577. The van der Waals surface area contributed by atoms with Gasteiger partial charge >= 0.3 is 0 Å². The van der Waals surface area contributed by atoms with Crippen LogP contribution >= 0.6 is 0 Å². The molecule has 0 saturated carbocycles. The predicted molar refractivity (Wildman–Crippen MR) is 119 cm³/mol. The van der Waals surface area contributed by atoms with Crippen LogP contribution in [0.25, 0.3) is 10.8 Å². The molecule has 0 aliphatic rings. The van der Waals surface area contributed by atoms with Crippen molar-refractivity contribution >= 4 is 16.6 Å². The maximum Gasteiger partial charge on any atom is 0.162 e. The van der Waals surface area contributed by atoms with E-state index in [4.69, 9.17) is 0 Å². The number of benzene rings is 2. The Hall–Kier alpha value is -1.63. The highest BCUT2D eigenvalue weighted by Gasteiger charge is 2.06. The van der Waals surface area contributed by atoms with Gasteiger partial charge in [0.15, 0.2) is 5.78 Å². The third kappa shape index (κ3) is 8.73. The van der Waals surface area contributed by atoms with Crippen LogP contribution in [0.1, 0.15) is 107 Å². The highest BCUT2D eigenvalue weighted by Crippen LogP contribution is 2.18. The third-order valence-electron chi connectivity index (χ3n) is 5.58. The van der Waals surface area contributed by atoms with Crippen molar-refractivity contribution in [1.82, 2.24) is 0 Å². The first-order valence-corrected chi connectivity index (χ1v) is 11.3. The summed E-state index contributed by atoms with van der Waals surface area (Å²) in [6, 6.07) is 14.3. The summed E-state index contributed by atoms with van der Waals surface area (Å²) >= 11 is 0. The molecule has 0 aliphatic carbocycles. The van der Waals surface area contributed by atoms with E-state index in [1.165, 1.54) is 82.4 Å². The topological polar surface area (TPSA) is 17.1 Å². The Labute approximate surface area is 166 Å². The van der Waals surface area contributed by atoms with Crippen LogP contribution in [0.4, 0.5) is 0 Å². The molecule has 0 amide bonds. The summed E-state index contributed by atoms with van der Waals surface area (Å²) in [7, 11) is 0. The summed E-state index contributed by atoms with van der Waals surface area (Å²) in [5.41, 5.74) is 0.868. The van der Waals surface area contributed by atoms with E-state index in [9.17, 15) is 4.79 Å². The molecule has 0 unspecified atom stereocenters. The lowest BCUT2D eigenvalue weighted by Gasteiger charge is -2.04. The first kappa shape index (κ1) is 21.7. The molecule has 0 atom stereocenters. The summed E-state index contributed by atoms with van der Waals surface area (Å²) in [5, 5.41) is 2.36. The lowest BCUT2D eigenvalue weighted by atomic mass is 10.00. The average molecular weight is 367 g/mol. The van der Waals surface area contributed by atoms with E-state index >= 15 is 0 Å². The van der Waals surface area contributed by atoms with Gasteiger partial charge in [-0.05, 0) is 23.3 Å². The Balaban J connectivity index is 1.47. The van der Waals surface area contributed by atoms with Crippen molar-refractivity contribution in [2.75, 3.05) is 0 Å².